The maximum Gasteiger partial charge on any atom is 0.485 e. The van der Waals surface area contributed by atoms with Crippen LogP contribution >= 0.6 is 34.7 Å². The number of anilines is 1. The van der Waals surface area contributed by atoms with Crippen molar-refractivity contribution in [2.75, 3.05) is 12.3 Å². The SMILES string of the molecule is [B-]P(=O)(OC[C@H]1O[C@@H](n2cnc3c(N)nc(Cl)nc32)[C@H](O)[C@@H]1O)OP(=O)(O)OP(=O)(O)O. The first kappa shape index (κ1) is 25.7. The first-order chi connectivity index (χ1) is 14.6. The summed E-state index contributed by atoms with van der Waals surface area (Å²) in [6.07, 6.45) is -4.80. The van der Waals surface area contributed by atoms with Crippen molar-refractivity contribution in [1.82, 2.24) is 19.5 Å². The van der Waals surface area contributed by atoms with Gasteiger partial charge in [0.15, 0.2) is 17.7 Å². The molecule has 17 nitrogen and oxygen atoms in total. The Balaban J connectivity index is 1.72. The number of ether oxygens (including phenoxy) is 1. The van der Waals surface area contributed by atoms with Crippen molar-refractivity contribution in [3.05, 3.63) is 11.6 Å². The predicted octanol–water partition coefficient (Wildman–Crippen LogP) is -0.799. The first-order valence-corrected chi connectivity index (χ1v) is 13.1. The summed E-state index contributed by atoms with van der Waals surface area (Å²) in [6.45, 7) is -0.858. The minimum Gasteiger partial charge on any atom is -0.443 e. The van der Waals surface area contributed by atoms with Crippen LogP contribution in [0.25, 0.3) is 11.2 Å². The van der Waals surface area contributed by atoms with Gasteiger partial charge in [0.05, 0.1) is 20.4 Å². The van der Waals surface area contributed by atoms with Crippen LogP contribution in [0.1, 0.15) is 6.23 Å². The normalized spacial score (nSPS) is 28.0. The van der Waals surface area contributed by atoms with Crippen molar-refractivity contribution in [3.63, 3.8) is 0 Å². The highest BCUT2D eigenvalue weighted by molar-refractivity contribution is 7.84. The Labute approximate surface area is 184 Å². The molecule has 177 valence electrons. The van der Waals surface area contributed by atoms with Crippen molar-refractivity contribution in [3.8, 4) is 0 Å². The molecule has 2 aromatic rings. The van der Waals surface area contributed by atoms with E-state index in [1.54, 1.807) is 0 Å². The second kappa shape index (κ2) is 9.00. The van der Waals surface area contributed by atoms with Crippen molar-refractivity contribution < 1.29 is 56.5 Å². The van der Waals surface area contributed by atoms with Gasteiger partial charge in [-0.3, -0.25) is 4.57 Å². The van der Waals surface area contributed by atoms with E-state index in [9.17, 15) is 28.8 Å². The van der Waals surface area contributed by atoms with Crippen LogP contribution < -0.4 is 5.73 Å². The van der Waals surface area contributed by atoms with Crippen molar-refractivity contribution in [2.45, 2.75) is 24.5 Å². The monoisotopic (exact) mass is 535 g/mol. The maximum absolute atomic E-state index is 12.0. The molecule has 0 bridgehead atoms. The molecule has 1 saturated heterocycles. The summed E-state index contributed by atoms with van der Waals surface area (Å²) in [5.41, 5.74) is 5.88. The van der Waals surface area contributed by atoms with E-state index in [0.717, 1.165) is 0 Å². The van der Waals surface area contributed by atoms with E-state index in [2.05, 4.69) is 28.1 Å². The highest BCUT2D eigenvalue weighted by atomic mass is 35.5. The molecule has 0 saturated carbocycles. The number of imidazole rings is 1. The van der Waals surface area contributed by atoms with Gasteiger partial charge in [0, 0.05) is 0 Å². The largest absolute Gasteiger partial charge is 0.485 e. The van der Waals surface area contributed by atoms with Gasteiger partial charge in [0.2, 0.25) is 5.28 Å². The maximum atomic E-state index is 12.0. The van der Waals surface area contributed by atoms with E-state index in [4.69, 9.17) is 39.4 Å². The number of phosphoric acid groups is 2. The number of nitrogens with two attached hydrogens (primary N) is 1. The van der Waals surface area contributed by atoms with Crippen molar-refractivity contribution in [1.29, 1.82) is 0 Å². The Hall–Kier alpha value is -0.965. The lowest BCUT2D eigenvalue weighted by molar-refractivity contribution is -0.0479. The summed E-state index contributed by atoms with van der Waals surface area (Å²) < 4.78 is 52.8. The van der Waals surface area contributed by atoms with Gasteiger partial charge in [0.25, 0.3) is 0 Å². The molecule has 6 atom stereocenters. The number of rotatable bonds is 8. The molecule has 3 heterocycles. The van der Waals surface area contributed by atoms with Gasteiger partial charge < -0.3 is 52.0 Å². The number of nitrogens with zero attached hydrogens (tertiary/aromatic N) is 4. The highest BCUT2D eigenvalue weighted by Crippen LogP contribution is 2.66. The summed E-state index contributed by atoms with van der Waals surface area (Å²) in [7, 11) is -10.9. The number of aromatic nitrogens is 4. The first-order valence-electron chi connectivity index (χ1n) is 8.10. The number of hydrogen-bond acceptors (Lipinski definition) is 13. The summed E-state index contributed by atoms with van der Waals surface area (Å²) in [6, 6.07) is 0. The lowest BCUT2D eigenvalue weighted by Gasteiger charge is -2.29. The number of fused-ring (bicyclic) bond motifs is 1. The van der Waals surface area contributed by atoms with Crippen LogP contribution in [0, 0.1) is 0 Å². The lowest BCUT2D eigenvalue weighted by atomic mass is 10.1. The van der Waals surface area contributed by atoms with E-state index < -0.39 is 54.3 Å². The van der Waals surface area contributed by atoms with Gasteiger partial charge in [-0.2, -0.15) is 14.3 Å². The van der Waals surface area contributed by atoms with Gasteiger partial charge in [0.1, 0.15) is 23.8 Å². The number of halogens is 1. The quantitative estimate of drug-likeness (QED) is 0.137. The van der Waals surface area contributed by atoms with Crippen molar-refractivity contribution >= 4 is 59.3 Å². The fourth-order valence-corrected chi connectivity index (χ4v) is 6.02. The molecule has 32 heavy (non-hydrogen) atoms. The second-order valence-corrected chi connectivity index (χ2v) is 11.1. The smallest absolute Gasteiger partial charge is 0.443 e. The van der Waals surface area contributed by atoms with Crippen LogP contribution in [0.3, 0.4) is 0 Å². The average Bonchev–Trinajstić information content (AvgIpc) is 3.12. The Kier molecular flexibility index (Phi) is 7.22. The standard InChI is InChI=1S/C10H14BClN5O12P3/c11-30(20,28-32(24,25)29-31(21,22)23)26-1-3-5(18)6(19)9(27-3)17-2-14-4-7(13)15-10(12)16-8(4)17/h2-3,5-6,9,18-19H,1H2,(H,24,25)(H2,13,15,16)(H2,21,22,23)/q-1/t3-,5-,6-,9-,30?/m1/s1. The zero-order chi connectivity index (χ0) is 24.1. The molecule has 1 aliphatic heterocycles. The van der Waals surface area contributed by atoms with E-state index >= 15 is 0 Å². The Morgan fingerprint density at radius 1 is 1.19 bits per heavy atom. The highest BCUT2D eigenvalue weighted by Gasteiger charge is 2.45. The summed E-state index contributed by atoms with van der Waals surface area (Å²) in [5, 5.41) is 20.3. The molecule has 0 spiro atoms. The lowest BCUT2D eigenvalue weighted by Crippen LogP contribution is -2.33. The topological polar surface area (TPSA) is 259 Å². The van der Waals surface area contributed by atoms with Gasteiger partial charge in [-0.05, 0) is 11.6 Å². The minimum absolute atomic E-state index is 0.0566. The molecular weight excluding hydrogens is 521 g/mol. The summed E-state index contributed by atoms with van der Waals surface area (Å²) in [5.74, 6) is -0.0566. The molecule has 22 heteroatoms. The van der Waals surface area contributed by atoms with E-state index in [0.29, 0.717) is 0 Å². The third kappa shape index (κ3) is 5.93. The third-order valence-electron chi connectivity index (χ3n) is 3.88. The fraction of sp³-hybridized carbons (Fsp3) is 0.500. The van der Waals surface area contributed by atoms with Crippen LogP contribution in [-0.4, -0.2) is 76.9 Å². The second-order valence-electron chi connectivity index (χ2n) is 6.21. The summed E-state index contributed by atoms with van der Waals surface area (Å²) >= 11 is 5.77. The molecule has 7 N–H and O–H groups in total. The van der Waals surface area contributed by atoms with E-state index in [1.807, 2.05) is 0 Å². The van der Waals surface area contributed by atoms with Crippen LogP contribution in [-0.2, 0) is 31.6 Å². The number of aliphatic hydroxyl groups is 2. The molecular formula is C10H14BClN5O12P3-. The fourth-order valence-electron chi connectivity index (χ4n) is 2.69. The Morgan fingerprint density at radius 3 is 2.47 bits per heavy atom. The summed E-state index contributed by atoms with van der Waals surface area (Å²) in [4.78, 5) is 37.9. The van der Waals surface area contributed by atoms with E-state index in [1.165, 1.54) is 10.9 Å². The molecule has 3 radical (unpaired) electrons. The molecule has 1 fully saturated rings. The predicted molar refractivity (Wildman–Crippen MR) is 104 cm³/mol. The van der Waals surface area contributed by atoms with Gasteiger partial charge >= 0.3 is 15.6 Å². The molecule has 2 unspecified atom stereocenters. The van der Waals surface area contributed by atoms with Gasteiger partial charge in [-0.15, -0.1) is 0 Å². The Morgan fingerprint density at radius 2 is 1.84 bits per heavy atom. The minimum atomic E-state index is -5.59. The van der Waals surface area contributed by atoms with Crippen molar-refractivity contribution in [2.24, 2.45) is 0 Å². The average molecular weight is 535 g/mol. The Bertz CT molecular complexity index is 1160. The number of hydrogen-bond donors (Lipinski definition) is 6. The molecule has 0 aromatic carbocycles. The zero-order valence-corrected chi connectivity index (χ0v) is 18.8. The van der Waals surface area contributed by atoms with Crippen LogP contribution in [0.4, 0.5) is 5.82 Å². The van der Waals surface area contributed by atoms with Gasteiger partial charge in [-0.25, -0.2) is 18.4 Å². The molecule has 0 amide bonds. The van der Waals surface area contributed by atoms with Crippen LogP contribution in [0.2, 0.25) is 5.28 Å². The van der Waals surface area contributed by atoms with E-state index in [-0.39, 0.29) is 22.3 Å². The van der Waals surface area contributed by atoms with Crippen LogP contribution in [0.15, 0.2) is 6.33 Å². The number of nitrogen functional groups attached to an aromatic ring is 1. The third-order valence-corrected chi connectivity index (χ3v) is 7.97. The van der Waals surface area contributed by atoms with Gasteiger partial charge in [-0.1, -0.05) is 0 Å². The number of aliphatic hydroxyl groups excluding tert-OH is 2. The zero-order valence-electron chi connectivity index (χ0n) is 15.4. The molecule has 2 aromatic heterocycles. The molecule has 1 aliphatic rings. The molecule has 3 rings (SSSR count). The molecule has 0 aliphatic carbocycles. The van der Waals surface area contributed by atoms with Crippen LogP contribution in [0.5, 0.6) is 0 Å².